The van der Waals surface area contributed by atoms with Crippen LogP contribution in [-0.2, 0) is 6.42 Å². The highest BCUT2D eigenvalue weighted by Crippen LogP contribution is 2.25. The maximum atomic E-state index is 12.0. The molecule has 0 radical (unpaired) electrons. The SMILES string of the molecule is COc1csc(C(=O)Cc2ccc(OC(F)(F)F)cc2)c1. The Bertz CT molecular complexity index is 617. The van der Waals surface area contributed by atoms with E-state index in [9.17, 15) is 18.0 Å². The van der Waals surface area contributed by atoms with E-state index in [1.54, 1.807) is 11.4 Å². The Kier molecular flexibility index (Phi) is 4.52. The first-order valence-electron chi connectivity index (χ1n) is 5.88. The third-order valence-electron chi connectivity index (χ3n) is 2.61. The molecule has 0 aliphatic heterocycles. The van der Waals surface area contributed by atoms with Crippen LogP contribution in [0.2, 0.25) is 0 Å². The van der Waals surface area contributed by atoms with Crippen LogP contribution in [0.5, 0.6) is 11.5 Å². The first-order valence-corrected chi connectivity index (χ1v) is 6.76. The first kappa shape index (κ1) is 15.4. The standard InChI is InChI=1S/C14H11F3O3S/c1-19-11-7-13(21-8-11)12(18)6-9-2-4-10(5-3-9)20-14(15,16)17/h2-5,7-8H,6H2,1H3. The zero-order chi connectivity index (χ0) is 15.5. The van der Waals surface area contributed by atoms with E-state index in [1.807, 2.05) is 0 Å². The Morgan fingerprint density at radius 2 is 1.86 bits per heavy atom. The highest BCUT2D eigenvalue weighted by molar-refractivity contribution is 7.12. The van der Waals surface area contributed by atoms with Gasteiger partial charge in [0.2, 0.25) is 0 Å². The minimum Gasteiger partial charge on any atom is -0.496 e. The summed E-state index contributed by atoms with van der Waals surface area (Å²) in [5.74, 6) is 0.182. The second-order valence-electron chi connectivity index (χ2n) is 4.14. The van der Waals surface area contributed by atoms with Crippen molar-refractivity contribution < 1.29 is 27.4 Å². The van der Waals surface area contributed by atoms with E-state index in [4.69, 9.17) is 4.74 Å². The van der Waals surface area contributed by atoms with Gasteiger partial charge in [-0.25, -0.2) is 0 Å². The number of ketones is 1. The zero-order valence-corrected chi connectivity index (χ0v) is 11.8. The fourth-order valence-corrected chi connectivity index (χ4v) is 2.45. The number of hydrogen-bond acceptors (Lipinski definition) is 4. The van der Waals surface area contributed by atoms with Gasteiger partial charge in [-0.1, -0.05) is 12.1 Å². The number of rotatable bonds is 5. The number of carbonyl (C=O) groups is 1. The number of alkyl halides is 3. The molecule has 0 aliphatic carbocycles. The fourth-order valence-electron chi connectivity index (χ4n) is 1.65. The van der Waals surface area contributed by atoms with Crippen LogP contribution >= 0.6 is 11.3 Å². The van der Waals surface area contributed by atoms with Gasteiger partial charge in [0.25, 0.3) is 0 Å². The number of halogens is 3. The predicted molar refractivity (Wildman–Crippen MR) is 72.0 cm³/mol. The molecule has 0 fully saturated rings. The molecule has 0 amide bonds. The van der Waals surface area contributed by atoms with E-state index in [2.05, 4.69) is 4.74 Å². The summed E-state index contributed by atoms with van der Waals surface area (Å²) in [5.41, 5.74) is 0.613. The molecule has 21 heavy (non-hydrogen) atoms. The van der Waals surface area contributed by atoms with Gasteiger partial charge in [0.15, 0.2) is 5.78 Å². The summed E-state index contributed by atoms with van der Waals surface area (Å²) >= 11 is 1.26. The lowest BCUT2D eigenvalue weighted by Crippen LogP contribution is -2.17. The van der Waals surface area contributed by atoms with Gasteiger partial charge >= 0.3 is 6.36 Å². The molecule has 0 saturated carbocycles. The maximum absolute atomic E-state index is 12.0. The molecule has 0 saturated heterocycles. The van der Waals surface area contributed by atoms with Crippen molar-refractivity contribution in [2.75, 3.05) is 7.11 Å². The average molecular weight is 316 g/mol. The molecule has 112 valence electrons. The Morgan fingerprint density at radius 1 is 1.19 bits per heavy atom. The van der Waals surface area contributed by atoms with Crippen molar-refractivity contribution in [3.63, 3.8) is 0 Å². The molecule has 0 atom stereocenters. The lowest BCUT2D eigenvalue weighted by atomic mass is 10.1. The fraction of sp³-hybridized carbons (Fsp3) is 0.214. The molecule has 0 spiro atoms. The van der Waals surface area contributed by atoms with Crippen LogP contribution in [0.3, 0.4) is 0 Å². The molecule has 0 N–H and O–H groups in total. The summed E-state index contributed by atoms with van der Waals surface area (Å²) in [6.07, 6.45) is -4.61. The quantitative estimate of drug-likeness (QED) is 0.780. The van der Waals surface area contributed by atoms with Crippen LogP contribution < -0.4 is 9.47 Å². The van der Waals surface area contributed by atoms with E-state index in [1.165, 1.54) is 42.7 Å². The number of ether oxygens (including phenoxy) is 2. The normalized spacial score (nSPS) is 11.2. The molecule has 2 aromatic rings. The summed E-state index contributed by atoms with van der Waals surface area (Å²) in [4.78, 5) is 12.5. The second kappa shape index (κ2) is 6.17. The van der Waals surface area contributed by atoms with Gasteiger partial charge in [-0.15, -0.1) is 24.5 Å². The van der Waals surface area contributed by atoms with E-state index in [0.29, 0.717) is 16.2 Å². The van der Waals surface area contributed by atoms with Crippen LogP contribution in [0.4, 0.5) is 13.2 Å². The minimum atomic E-state index is -4.72. The smallest absolute Gasteiger partial charge is 0.496 e. The van der Waals surface area contributed by atoms with E-state index in [-0.39, 0.29) is 18.0 Å². The highest BCUT2D eigenvalue weighted by Gasteiger charge is 2.30. The van der Waals surface area contributed by atoms with Gasteiger partial charge in [0.1, 0.15) is 11.5 Å². The molecule has 1 aromatic heterocycles. The number of hydrogen-bond donors (Lipinski definition) is 0. The van der Waals surface area contributed by atoms with Crippen molar-refractivity contribution in [2.24, 2.45) is 0 Å². The van der Waals surface area contributed by atoms with E-state index < -0.39 is 6.36 Å². The van der Waals surface area contributed by atoms with Crippen molar-refractivity contribution in [3.05, 3.63) is 46.2 Å². The average Bonchev–Trinajstić information content (AvgIpc) is 2.88. The lowest BCUT2D eigenvalue weighted by Gasteiger charge is -2.08. The minimum absolute atomic E-state index is 0.107. The predicted octanol–water partition coefficient (Wildman–Crippen LogP) is 4.08. The number of Topliss-reactive ketones (excluding diaryl/α,β-unsaturated/α-hetero) is 1. The molecule has 7 heteroatoms. The number of benzene rings is 1. The van der Waals surface area contributed by atoms with Gasteiger partial charge in [-0.3, -0.25) is 4.79 Å². The monoisotopic (exact) mass is 316 g/mol. The topological polar surface area (TPSA) is 35.5 Å². The Morgan fingerprint density at radius 3 is 2.38 bits per heavy atom. The summed E-state index contributed by atoms with van der Waals surface area (Å²) in [6.45, 7) is 0. The van der Waals surface area contributed by atoms with Crippen molar-refractivity contribution >= 4 is 17.1 Å². The van der Waals surface area contributed by atoms with Gasteiger partial charge in [-0.05, 0) is 17.7 Å². The van der Waals surface area contributed by atoms with Crippen LogP contribution in [0.15, 0.2) is 35.7 Å². The molecule has 0 bridgehead atoms. The molecule has 2 rings (SSSR count). The largest absolute Gasteiger partial charge is 0.573 e. The Labute approximate surface area is 122 Å². The molecule has 3 nitrogen and oxygen atoms in total. The van der Waals surface area contributed by atoms with Crippen LogP contribution in [0.25, 0.3) is 0 Å². The van der Waals surface area contributed by atoms with Gasteiger partial charge in [0.05, 0.1) is 12.0 Å². The van der Waals surface area contributed by atoms with Crippen LogP contribution in [0.1, 0.15) is 15.2 Å². The van der Waals surface area contributed by atoms with Gasteiger partial charge in [0, 0.05) is 17.9 Å². The van der Waals surface area contributed by atoms with Gasteiger partial charge < -0.3 is 9.47 Å². The van der Waals surface area contributed by atoms with Crippen molar-refractivity contribution in [1.29, 1.82) is 0 Å². The summed E-state index contributed by atoms with van der Waals surface area (Å²) in [6, 6.07) is 6.87. The molecular formula is C14H11F3O3S. The highest BCUT2D eigenvalue weighted by atomic mass is 32.1. The van der Waals surface area contributed by atoms with Crippen molar-refractivity contribution in [3.8, 4) is 11.5 Å². The molecule has 1 heterocycles. The Balaban J connectivity index is 2.01. The van der Waals surface area contributed by atoms with Crippen LogP contribution in [-0.4, -0.2) is 19.3 Å². The maximum Gasteiger partial charge on any atom is 0.573 e. The third kappa shape index (κ3) is 4.49. The summed E-state index contributed by atoms with van der Waals surface area (Å²) in [5, 5.41) is 1.72. The molecule has 0 aliphatic rings. The molecular weight excluding hydrogens is 305 g/mol. The molecule has 0 unspecified atom stereocenters. The first-order chi connectivity index (χ1) is 9.87. The summed E-state index contributed by atoms with van der Waals surface area (Å²) < 4.78 is 44.8. The van der Waals surface area contributed by atoms with E-state index in [0.717, 1.165) is 0 Å². The lowest BCUT2D eigenvalue weighted by molar-refractivity contribution is -0.274. The van der Waals surface area contributed by atoms with Gasteiger partial charge in [-0.2, -0.15) is 0 Å². The van der Waals surface area contributed by atoms with Crippen molar-refractivity contribution in [2.45, 2.75) is 12.8 Å². The number of methoxy groups -OCH3 is 1. The number of carbonyl (C=O) groups excluding carboxylic acids is 1. The van der Waals surface area contributed by atoms with E-state index >= 15 is 0 Å². The third-order valence-corrected chi connectivity index (χ3v) is 3.56. The van der Waals surface area contributed by atoms with Crippen LogP contribution in [0, 0.1) is 0 Å². The second-order valence-corrected chi connectivity index (χ2v) is 5.05. The number of thiophene rings is 1. The summed E-state index contributed by atoms with van der Waals surface area (Å²) in [7, 11) is 1.51. The van der Waals surface area contributed by atoms with Crippen molar-refractivity contribution in [1.82, 2.24) is 0 Å². The zero-order valence-electron chi connectivity index (χ0n) is 10.9. The molecule has 1 aromatic carbocycles. The Hall–Kier alpha value is -2.02.